The van der Waals surface area contributed by atoms with Crippen LogP contribution in [0, 0.1) is 10.1 Å². The summed E-state index contributed by atoms with van der Waals surface area (Å²) >= 11 is 0. The van der Waals surface area contributed by atoms with Gasteiger partial charge in [0.25, 0.3) is 11.6 Å². The fourth-order valence-corrected chi connectivity index (χ4v) is 1.13. The molecule has 0 aliphatic rings. The van der Waals surface area contributed by atoms with E-state index in [1.807, 2.05) is 0 Å². The molecule has 0 unspecified atom stereocenters. The molecule has 0 saturated carbocycles. The molecule has 0 fully saturated rings. The van der Waals surface area contributed by atoms with Crippen LogP contribution in [0.3, 0.4) is 0 Å². The molecule has 1 aromatic heterocycles. The number of aromatic nitrogens is 2. The van der Waals surface area contributed by atoms with Crippen LogP contribution < -0.4 is 0 Å². The average Bonchev–Trinajstić information content (AvgIpc) is 2.77. The summed E-state index contributed by atoms with van der Waals surface area (Å²) in [7, 11) is 0. The van der Waals surface area contributed by atoms with Gasteiger partial charge in [-0.1, -0.05) is 5.16 Å². The van der Waals surface area contributed by atoms with Crippen molar-refractivity contribution in [2.75, 3.05) is 0 Å². The highest BCUT2D eigenvalue weighted by atomic mass is 16.6. The maximum Gasteiger partial charge on any atom is 0.269 e. The summed E-state index contributed by atoms with van der Waals surface area (Å²) in [5, 5.41) is 13.8. The molecule has 0 radical (unpaired) electrons. The standard InChI is InChI=1S/C9H5N3O4/c13-5-8-10-9(16-11-8)6-1-3-7(4-2-6)12(14)15/h1-5H. The van der Waals surface area contributed by atoms with Crippen molar-refractivity contribution in [3.8, 4) is 11.5 Å². The zero-order chi connectivity index (χ0) is 11.5. The van der Waals surface area contributed by atoms with Crippen LogP contribution in [0.25, 0.3) is 11.5 Å². The molecule has 0 spiro atoms. The van der Waals surface area contributed by atoms with Gasteiger partial charge in [0.1, 0.15) is 0 Å². The van der Waals surface area contributed by atoms with Crippen LogP contribution in [0.15, 0.2) is 28.8 Å². The van der Waals surface area contributed by atoms with E-state index >= 15 is 0 Å². The lowest BCUT2D eigenvalue weighted by Gasteiger charge is -1.93. The van der Waals surface area contributed by atoms with Gasteiger partial charge in [-0.3, -0.25) is 14.9 Å². The average molecular weight is 219 g/mol. The first-order valence-corrected chi connectivity index (χ1v) is 4.24. The minimum absolute atomic E-state index is 0.0288. The lowest BCUT2D eigenvalue weighted by molar-refractivity contribution is -0.384. The van der Waals surface area contributed by atoms with E-state index in [1.165, 1.54) is 24.3 Å². The Morgan fingerprint density at radius 1 is 1.31 bits per heavy atom. The number of carbonyl (C=O) groups excluding carboxylic acids is 1. The van der Waals surface area contributed by atoms with Crippen molar-refractivity contribution in [1.82, 2.24) is 10.1 Å². The van der Waals surface area contributed by atoms with Gasteiger partial charge in [0.15, 0.2) is 6.29 Å². The summed E-state index contributed by atoms with van der Waals surface area (Å²) in [5.41, 5.74) is 0.491. The third-order valence-corrected chi connectivity index (χ3v) is 1.87. The maximum absolute atomic E-state index is 10.4. The van der Waals surface area contributed by atoms with Crippen LogP contribution in [0.4, 0.5) is 5.69 Å². The minimum Gasteiger partial charge on any atom is -0.334 e. The minimum atomic E-state index is -0.506. The number of benzene rings is 1. The third kappa shape index (κ3) is 1.78. The van der Waals surface area contributed by atoms with E-state index < -0.39 is 4.92 Å². The Bertz CT molecular complexity index is 532. The highest BCUT2D eigenvalue weighted by Crippen LogP contribution is 2.20. The Morgan fingerprint density at radius 3 is 2.50 bits per heavy atom. The van der Waals surface area contributed by atoms with Gasteiger partial charge in [-0.2, -0.15) is 4.98 Å². The first-order chi connectivity index (χ1) is 7.70. The van der Waals surface area contributed by atoms with E-state index in [-0.39, 0.29) is 17.4 Å². The van der Waals surface area contributed by atoms with Gasteiger partial charge in [-0.25, -0.2) is 0 Å². The normalized spacial score (nSPS) is 10.0. The van der Waals surface area contributed by atoms with Gasteiger partial charge in [-0.15, -0.1) is 0 Å². The second-order valence-electron chi connectivity index (χ2n) is 2.88. The molecular formula is C9H5N3O4. The summed E-state index contributed by atoms with van der Waals surface area (Å²) < 4.78 is 4.78. The van der Waals surface area contributed by atoms with Crippen molar-refractivity contribution in [2.45, 2.75) is 0 Å². The zero-order valence-corrected chi connectivity index (χ0v) is 7.86. The Balaban J connectivity index is 2.34. The van der Waals surface area contributed by atoms with Crippen molar-refractivity contribution < 1.29 is 14.2 Å². The Labute approximate surface area is 88.9 Å². The largest absolute Gasteiger partial charge is 0.334 e. The van der Waals surface area contributed by atoms with Crippen LogP contribution in [0.2, 0.25) is 0 Å². The molecule has 0 atom stereocenters. The van der Waals surface area contributed by atoms with E-state index in [1.54, 1.807) is 0 Å². The molecule has 0 N–H and O–H groups in total. The number of nitro groups is 1. The molecule has 0 aliphatic heterocycles. The highest BCUT2D eigenvalue weighted by Gasteiger charge is 2.10. The summed E-state index contributed by atoms with van der Waals surface area (Å²) in [6.07, 6.45) is 0.457. The molecule has 2 rings (SSSR count). The van der Waals surface area contributed by atoms with E-state index in [9.17, 15) is 14.9 Å². The molecule has 80 valence electrons. The Morgan fingerprint density at radius 2 is 2.00 bits per heavy atom. The number of nitrogens with zero attached hydrogens (tertiary/aromatic N) is 3. The first kappa shape index (κ1) is 9.97. The lowest BCUT2D eigenvalue weighted by Crippen LogP contribution is -1.87. The molecular weight excluding hydrogens is 214 g/mol. The third-order valence-electron chi connectivity index (χ3n) is 1.87. The fourth-order valence-electron chi connectivity index (χ4n) is 1.13. The van der Waals surface area contributed by atoms with Gasteiger partial charge in [0, 0.05) is 17.7 Å². The number of rotatable bonds is 3. The molecule has 0 saturated heterocycles. The summed E-state index contributed by atoms with van der Waals surface area (Å²) in [5.74, 6) is 0.0883. The SMILES string of the molecule is O=Cc1noc(-c2ccc([N+](=O)[O-])cc2)n1. The van der Waals surface area contributed by atoms with Gasteiger partial charge in [0.05, 0.1) is 4.92 Å². The van der Waals surface area contributed by atoms with E-state index in [0.717, 1.165) is 0 Å². The molecule has 2 aromatic rings. The number of nitro benzene ring substituents is 1. The van der Waals surface area contributed by atoms with Gasteiger partial charge < -0.3 is 4.52 Å². The van der Waals surface area contributed by atoms with Crippen LogP contribution in [0.5, 0.6) is 0 Å². The fraction of sp³-hybridized carbons (Fsp3) is 0. The zero-order valence-electron chi connectivity index (χ0n) is 7.86. The molecule has 16 heavy (non-hydrogen) atoms. The highest BCUT2D eigenvalue weighted by molar-refractivity contribution is 5.69. The predicted octanol–water partition coefficient (Wildman–Crippen LogP) is 1.46. The van der Waals surface area contributed by atoms with E-state index in [2.05, 4.69) is 10.1 Å². The number of hydrogen-bond acceptors (Lipinski definition) is 6. The molecule has 7 nitrogen and oxygen atoms in total. The molecule has 1 aromatic carbocycles. The van der Waals surface area contributed by atoms with Crippen LogP contribution in [0.1, 0.15) is 10.6 Å². The van der Waals surface area contributed by atoms with Gasteiger partial charge in [0.2, 0.25) is 5.82 Å². The lowest BCUT2D eigenvalue weighted by atomic mass is 10.2. The van der Waals surface area contributed by atoms with Crippen LogP contribution in [-0.2, 0) is 0 Å². The van der Waals surface area contributed by atoms with Crippen LogP contribution in [-0.4, -0.2) is 21.4 Å². The second kappa shape index (κ2) is 3.89. The number of non-ortho nitro benzene ring substituents is 1. The summed E-state index contributed by atoms with van der Waals surface area (Å²) in [6, 6.07) is 5.58. The van der Waals surface area contributed by atoms with Crippen molar-refractivity contribution >= 4 is 12.0 Å². The predicted molar refractivity (Wildman–Crippen MR) is 51.8 cm³/mol. The van der Waals surface area contributed by atoms with Gasteiger partial charge >= 0.3 is 0 Å². The molecule has 0 aliphatic carbocycles. The van der Waals surface area contributed by atoms with Crippen molar-refractivity contribution in [3.05, 3.63) is 40.2 Å². The van der Waals surface area contributed by atoms with Crippen LogP contribution >= 0.6 is 0 Å². The van der Waals surface area contributed by atoms with Gasteiger partial charge in [-0.05, 0) is 12.1 Å². The Kier molecular flexibility index (Phi) is 2.42. The number of hydrogen-bond donors (Lipinski definition) is 0. The van der Waals surface area contributed by atoms with Crippen molar-refractivity contribution in [1.29, 1.82) is 0 Å². The molecule has 0 bridgehead atoms. The summed E-state index contributed by atoms with van der Waals surface area (Å²) in [4.78, 5) is 24.0. The molecule has 0 amide bonds. The number of carbonyl (C=O) groups is 1. The quantitative estimate of drug-likeness (QED) is 0.440. The second-order valence-corrected chi connectivity index (χ2v) is 2.88. The Hall–Kier alpha value is -2.57. The first-order valence-electron chi connectivity index (χ1n) is 4.24. The number of aldehydes is 1. The monoisotopic (exact) mass is 219 g/mol. The smallest absolute Gasteiger partial charge is 0.269 e. The van der Waals surface area contributed by atoms with Crippen molar-refractivity contribution in [2.24, 2.45) is 0 Å². The molecule has 7 heteroatoms. The van der Waals surface area contributed by atoms with E-state index in [4.69, 9.17) is 4.52 Å². The topological polar surface area (TPSA) is 99.1 Å². The maximum atomic E-state index is 10.4. The van der Waals surface area contributed by atoms with E-state index in [0.29, 0.717) is 11.8 Å². The molecule has 1 heterocycles. The summed E-state index contributed by atoms with van der Waals surface area (Å²) in [6.45, 7) is 0. The van der Waals surface area contributed by atoms with Crippen molar-refractivity contribution in [3.63, 3.8) is 0 Å².